The minimum absolute atomic E-state index is 0.00849. The first kappa shape index (κ1) is 45.0. The first-order valence-corrected chi connectivity index (χ1v) is 18.8. The predicted octanol–water partition coefficient (Wildman–Crippen LogP) is -0.640. The van der Waals surface area contributed by atoms with Crippen LogP contribution >= 0.6 is 0 Å². The van der Waals surface area contributed by atoms with Crippen LogP contribution in [0.25, 0.3) is 0 Å². The fourth-order valence-corrected chi connectivity index (χ4v) is 7.09. The second-order valence-corrected chi connectivity index (χ2v) is 14.2. The van der Waals surface area contributed by atoms with Gasteiger partial charge in [-0.15, -0.1) is 0 Å². The summed E-state index contributed by atoms with van der Waals surface area (Å²) >= 11 is 0. The fraction of sp³-hybridized carbons (Fsp3) is 0.538. The molecule has 2 heterocycles. The molecule has 2 aliphatic heterocycles. The van der Waals surface area contributed by atoms with E-state index >= 15 is 0 Å². The number of carbonyl (C=O) groups excluding carboxylic acids is 6. The molecule has 59 heavy (non-hydrogen) atoms. The molecule has 1 aliphatic carbocycles. The van der Waals surface area contributed by atoms with Gasteiger partial charge in [0.05, 0.1) is 17.2 Å². The smallest absolute Gasteiger partial charge is 0.338 e. The highest BCUT2D eigenvalue weighted by atomic mass is 16.8. The van der Waals surface area contributed by atoms with Crippen molar-refractivity contribution in [1.82, 2.24) is 0 Å². The SMILES string of the molecule is CC(=O)OCC1OC(OC2C(N)CC(N)C(OC(C)=O)C2OC2OC(CN)C(OC(=O)c3ccccc3)C2OC(=O)c2ccccc2)C(N)C(OC(C)=O)C1OC(C)=O. The van der Waals surface area contributed by atoms with Crippen molar-refractivity contribution >= 4 is 35.8 Å². The monoisotopic (exact) mass is 830 g/mol. The summed E-state index contributed by atoms with van der Waals surface area (Å²) in [7, 11) is 0. The average Bonchev–Trinajstić information content (AvgIpc) is 3.50. The highest BCUT2D eigenvalue weighted by molar-refractivity contribution is 5.90. The molecule has 322 valence electrons. The molecule has 2 saturated heterocycles. The zero-order valence-corrected chi connectivity index (χ0v) is 32.8. The quantitative estimate of drug-likeness (QED) is 0.136. The van der Waals surface area contributed by atoms with Gasteiger partial charge in [0.2, 0.25) is 0 Å². The molecule has 0 radical (unpaired) electrons. The van der Waals surface area contributed by atoms with Gasteiger partial charge in [0.1, 0.15) is 37.1 Å². The summed E-state index contributed by atoms with van der Waals surface area (Å²) in [6, 6.07) is 12.7. The van der Waals surface area contributed by atoms with Gasteiger partial charge >= 0.3 is 35.8 Å². The van der Waals surface area contributed by atoms with Crippen molar-refractivity contribution in [1.29, 1.82) is 0 Å². The molecule has 14 atom stereocenters. The molecule has 20 nitrogen and oxygen atoms in total. The molecule has 14 unspecified atom stereocenters. The highest BCUT2D eigenvalue weighted by Crippen LogP contribution is 2.36. The van der Waals surface area contributed by atoms with Gasteiger partial charge in [-0.3, -0.25) is 19.2 Å². The van der Waals surface area contributed by atoms with Crippen LogP contribution in [-0.2, 0) is 66.5 Å². The lowest BCUT2D eigenvalue weighted by Gasteiger charge is -2.48. The lowest BCUT2D eigenvalue weighted by atomic mass is 9.84. The van der Waals surface area contributed by atoms with Crippen molar-refractivity contribution in [3.05, 3.63) is 71.8 Å². The van der Waals surface area contributed by atoms with Crippen LogP contribution in [0, 0.1) is 0 Å². The molecule has 20 heteroatoms. The van der Waals surface area contributed by atoms with E-state index in [9.17, 15) is 28.8 Å². The van der Waals surface area contributed by atoms with Gasteiger partial charge in [-0.25, -0.2) is 9.59 Å². The van der Waals surface area contributed by atoms with Crippen LogP contribution in [0.5, 0.6) is 0 Å². The molecule has 0 amide bonds. The van der Waals surface area contributed by atoms with E-state index in [1.165, 1.54) is 24.3 Å². The minimum atomic E-state index is -1.59. The number of benzene rings is 2. The number of nitrogens with two attached hydrogens (primary N) is 4. The molecule has 2 aromatic rings. The summed E-state index contributed by atoms with van der Waals surface area (Å²) in [5.41, 5.74) is 26.2. The van der Waals surface area contributed by atoms with Crippen LogP contribution < -0.4 is 22.9 Å². The van der Waals surface area contributed by atoms with Gasteiger partial charge < -0.3 is 70.3 Å². The largest absolute Gasteiger partial charge is 0.463 e. The number of ether oxygens (including phenoxy) is 10. The Morgan fingerprint density at radius 1 is 0.542 bits per heavy atom. The second-order valence-electron chi connectivity index (χ2n) is 14.2. The van der Waals surface area contributed by atoms with Crippen LogP contribution in [0.3, 0.4) is 0 Å². The van der Waals surface area contributed by atoms with Crippen molar-refractivity contribution in [2.45, 2.75) is 120 Å². The lowest BCUT2D eigenvalue weighted by molar-refractivity contribution is -0.312. The number of carbonyl (C=O) groups is 6. The minimum Gasteiger partial charge on any atom is -0.463 e. The molecule has 8 N–H and O–H groups in total. The van der Waals surface area contributed by atoms with E-state index in [1.807, 2.05) is 0 Å². The fourth-order valence-electron chi connectivity index (χ4n) is 7.09. The van der Waals surface area contributed by atoms with Crippen molar-refractivity contribution < 1.29 is 76.1 Å². The molecule has 3 fully saturated rings. The normalized spacial score (nSPS) is 32.9. The molecule has 5 rings (SSSR count). The molecule has 0 spiro atoms. The maximum Gasteiger partial charge on any atom is 0.338 e. The third-order valence-electron chi connectivity index (χ3n) is 9.67. The predicted molar refractivity (Wildman–Crippen MR) is 199 cm³/mol. The summed E-state index contributed by atoms with van der Waals surface area (Å²) in [5, 5.41) is 0. The van der Waals surface area contributed by atoms with Crippen LogP contribution in [-0.4, -0.2) is 135 Å². The van der Waals surface area contributed by atoms with E-state index < -0.39 is 128 Å². The Kier molecular flexibility index (Phi) is 15.5. The number of hydrogen-bond donors (Lipinski definition) is 4. The van der Waals surface area contributed by atoms with Gasteiger partial charge in [0.15, 0.2) is 37.0 Å². The summed E-state index contributed by atoms with van der Waals surface area (Å²) in [5.74, 6) is -4.63. The Balaban J connectivity index is 1.52. The molecule has 3 aliphatic rings. The van der Waals surface area contributed by atoms with Gasteiger partial charge in [0, 0.05) is 46.3 Å². The molecule has 1 saturated carbocycles. The van der Waals surface area contributed by atoms with Gasteiger partial charge in [-0.05, 0) is 30.7 Å². The van der Waals surface area contributed by atoms with E-state index in [-0.39, 0.29) is 24.1 Å². The van der Waals surface area contributed by atoms with Crippen molar-refractivity contribution in [2.24, 2.45) is 22.9 Å². The first-order valence-electron chi connectivity index (χ1n) is 18.8. The van der Waals surface area contributed by atoms with Crippen LogP contribution in [0.4, 0.5) is 0 Å². The Morgan fingerprint density at radius 3 is 1.53 bits per heavy atom. The topological polar surface area (TPSA) is 299 Å². The first-order chi connectivity index (χ1) is 28.1. The van der Waals surface area contributed by atoms with E-state index in [0.717, 1.165) is 27.7 Å². The van der Waals surface area contributed by atoms with Crippen molar-refractivity contribution in [2.75, 3.05) is 13.2 Å². The number of rotatable bonds is 14. The summed E-state index contributed by atoms with van der Waals surface area (Å²) in [6.45, 7) is 3.79. The van der Waals surface area contributed by atoms with E-state index in [2.05, 4.69) is 0 Å². The maximum atomic E-state index is 13.6. The van der Waals surface area contributed by atoms with Crippen molar-refractivity contribution in [3.8, 4) is 0 Å². The Labute approximate surface area is 339 Å². The molecular weight excluding hydrogens is 780 g/mol. The van der Waals surface area contributed by atoms with Crippen LogP contribution in [0.2, 0.25) is 0 Å². The maximum absolute atomic E-state index is 13.6. The number of esters is 6. The Hall–Kier alpha value is -5.06. The summed E-state index contributed by atoms with van der Waals surface area (Å²) in [4.78, 5) is 75.7. The zero-order chi connectivity index (χ0) is 43.0. The third-order valence-corrected chi connectivity index (χ3v) is 9.67. The third kappa shape index (κ3) is 11.4. The molecule has 0 aromatic heterocycles. The van der Waals surface area contributed by atoms with Gasteiger partial charge in [-0.2, -0.15) is 0 Å². The molecule has 2 aromatic carbocycles. The van der Waals surface area contributed by atoms with Gasteiger partial charge in [-0.1, -0.05) is 36.4 Å². The van der Waals surface area contributed by atoms with E-state index in [1.54, 1.807) is 36.4 Å². The second kappa shape index (κ2) is 20.3. The summed E-state index contributed by atoms with van der Waals surface area (Å²) < 4.78 is 58.9. The number of hydrogen-bond acceptors (Lipinski definition) is 20. The van der Waals surface area contributed by atoms with E-state index in [4.69, 9.17) is 70.3 Å². The summed E-state index contributed by atoms with van der Waals surface area (Å²) in [6.07, 6.45) is -15.2. The van der Waals surface area contributed by atoms with Crippen LogP contribution in [0.1, 0.15) is 54.8 Å². The van der Waals surface area contributed by atoms with E-state index in [0.29, 0.717) is 0 Å². The average molecular weight is 831 g/mol. The molecular formula is C39H50N4O16. The van der Waals surface area contributed by atoms with Gasteiger partial charge in [0.25, 0.3) is 0 Å². The Morgan fingerprint density at radius 2 is 1.00 bits per heavy atom. The standard InChI is InChI=1S/C39H50N4O16/c1-18(44)50-17-27-32(52-20(3)46)33(53-21(4)47)28(43)38(55-27)58-30-25(42)15-24(41)29(51-19(2)45)34(30)59-39-35(57-37(49)23-13-9-6-10-14-23)31(26(16-40)54-39)56-36(48)22-11-7-5-8-12-22/h5-14,24-35,38-39H,15-17,40-43H2,1-4H3. The zero-order valence-electron chi connectivity index (χ0n) is 32.8. The lowest BCUT2D eigenvalue weighted by Crippen LogP contribution is -2.69. The molecule has 0 bridgehead atoms. The van der Waals surface area contributed by atoms with Crippen molar-refractivity contribution in [3.63, 3.8) is 0 Å². The van der Waals surface area contributed by atoms with Crippen LogP contribution in [0.15, 0.2) is 60.7 Å². The Bertz CT molecular complexity index is 1790. The highest BCUT2D eigenvalue weighted by Gasteiger charge is 2.57.